The number of benzene rings is 1. The Balaban J connectivity index is 3.61. The van der Waals surface area contributed by atoms with Gasteiger partial charge in [0.25, 0.3) is 15.0 Å². The molecular weight excluding hydrogens is 294 g/mol. The summed E-state index contributed by atoms with van der Waals surface area (Å²) in [6, 6.07) is 2.55. The van der Waals surface area contributed by atoms with Gasteiger partial charge in [0.15, 0.2) is 11.5 Å². The van der Waals surface area contributed by atoms with E-state index in [4.69, 9.17) is 20.2 Å². The molecule has 0 aromatic heterocycles. The summed E-state index contributed by atoms with van der Waals surface area (Å²) in [5.74, 6) is -0.287. The highest BCUT2D eigenvalue weighted by molar-refractivity contribution is 8.13. The van der Waals surface area contributed by atoms with Crippen molar-refractivity contribution < 1.29 is 22.7 Å². The molecule has 0 fully saturated rings. The van der Waals surface area contributed by atoms with Gasteiger partial charge in [-0.25, -0.2) is 8.42 Å². The molecule has 0 spiro atoms. The molecule has 1 amide bonds. The third-order valence-electron chi connectivity index (χ3n) is 2.36. The van der Waals surface area contributed by atoms with Crippen LogP contribution in [0.4, 0.5) is 0 Å². The normalized spacial score (nSPS) is 11.0. The first-order valence-corrected chi connectivity index (χ1v) is 7.45. The smallest absolute Gasteiger partial charge is 0.265 e. The van der Waals surface area contributed by atoms with Crippen molar-refractivity contribution in [3.05, 3.63) is 17.7 Å². The Morgan fingerprint density at radius 2 is 1.79 bits per heavy atom. The average Bonchev–Trinajstić information content (AvgIpc) is 2.34. The van der Waals surface area contributed by atoms with Gasteiger partial charge in [0.2, 0.25) is 0 Å². The van der Waals surface area contributed by atoms with Crippen LogP contribution in [0, 0.1) is 0 Å². The Bertz CT molecular complexity index is 597. The predicted molar refractivity (Wildman–Crippen MR) is 70.6 cm³/mol. The van der Waals surface area contributed by atoms with Gasteiger partial charge in [-0.05, 0) is 12.1 Å². The second-order valence-electron chi connectivity index (χ2n) is 3.85. The Morgan fingerprint density at radius 1 is 1.21 bits per heavy atom. The largest absolute Gasteiger partial charge is 0.493 e. The number of amides is 1. The van der Waals surface area contributed by atoms with Crippen LogP contribution in [0.3, 0.4) is 0 Å². The minimum Gasteiger partial charge on any atom is -0.493 e. The van der Waals surface area contributed by atoms with Crippen LogP contribution in [0.1, 0.15) is 10.4 Å². The lowest BCUT2D eigenvalue weighted by Crippen LogP contribution is -2.22. The molecule has 106 valence electrons. The maximum Gasteiger partial charge on any atom is 0.265 e. The van der Waals surface area contributed by atoms with Crippen molar-refractivity contribution in [3.8, 4) is 11.5 Å². The average molecular weight is 308 g/mol. The molecule has 8 heteroatoms. The quantitative estimate of drug-likeness (QED) is 0.785. The van der Waals surface area contributed by atoms with E-state index in [1.807, 2.05) is 0 Å². The lowest BCUT2D eigenvalue weighted by molar-refractivity contribution is 0.0827. The van der Waals surface area contributed by atoms with Crippen molar-refractivity contribution in [3.63, 3.8) is 0 Å². The second-order valence-corrected chi connectivity index (χ2v) is 6.38. The molecule has 0 atom stereocenters. The first-order valence-electron chi connectivity index (χ1n) is 5.14. The SMILES string of the molecule is COc1cc(C(=O)N(C)C)cc(S(=O)(=O)Cl)c1OC. The summed E-state index contributed by atoms with van der Waals surface area (Å²) in [6.07, 6.45) is 0. The van der Waals surface area contributed by atoms with Crippen LogP contribution in [0.15, 0.2) is 17.0 Å². The van der Waals surface area contributed by atoms with Crippen LogP contribution in [0.2, 0.25) is 0 Å². The van der Waals surface area contributed by atoms with Gasteiger partial charge in [0.05, 0.1) is 14.2 Å². The van der Waals surface area contributed by atoms with Crippen LogP contribution in [0.25, 0.3) is 0 Å². The van der Waals surface area contributed by atoms with E-state index in [2.05, 4.69) is 0 Å². The Hall–Kier alpha value is -1.47. The third-order valence-corrected chi connectivity index (χ3v) is 3.69. The van der Waals surface area contributed by atoms with Crippen LogP contribution >= 0.6 is 10.7 Å². The third kappa shape index (κ3) is 3.30. The fourth-order valence-corrected chi connectivity index (χ4v) is 2.51. The van der Waals surface area contributed by atoms with Gasteiger partial charge >= 0.3 is 0 Å². The van der Waals surface area contributed by atoms with E-state index < -0.39 is 9.05 Å². The topological polar surface area (TPSA) is 72.9 Å². The van der Waals surface area contributed by atoms with Gasteiger partial charge in [0, 0.05) is 30.3 Å². The lowest BCUT2D eigenvalue weighted by Gasteiger charge is -2.15. The molecule has 0 aliphatic carbocycles. The highest BCUT2D eigenvalue weighted by Crippen LogP contribution is 2.37. The second kappa shape index (κ2) is 5.66. The van der Waals surface area contributed by atoms with Gasteiger partial charge in [-0.3, -0.25) is 4.79 Å². The Morgan fingerprint density at radius 3 is 2.16 bits per heavy atom. The number of carbonyl (C=O) groups is 1. The van der Waals surface area contributed by atoms with Crippen LogP contribution < -0.4 is 9.47 Å². The van der Waals surface area contributed by atoms with Gasteiger partial charge in [0.1, 0.15) is 4.90 Å². The molecule has 0 radical (unpaired) electrons. The molecule has 1 rings (SSSR count). The highest BCUT2D eigenvalue weighted by Gasteiger charge is 2.24. The van der Waals surface area contributed by atoms with Crippen molar-refractivity contribution in [1.29, 1.82) is 0 Å². The first-order chi connectivity index (χ1) is 8.72. The van der Waals surface area contributed by atoms with Gasteiger partial charge in [-0.2, -0.15) is 0 Å². The van der Waals surface area contributed by atoms with E-state index in [9.17, 15) is 13.2 Å². The molecule has 19 heavy (non-hydrogen) atoms. The van der Waals surface area contributed by atoms with Gasteiger partial charge in [-0.1, -0.05) is 0 Å². The monoisotopic (exact) mass is 307 g/mol. The first kappa shape index (κ1) is 15.6. The van der Waals surface area contributed by atoms with Crippen LogP contribution in [-0.4, -0.2) is 47.5 Å². The molecule has 0 saturated heterocycles. The number of hydrogen-bond donors (Lipinski definition) is 0. The van der Waals surface area contributed by atoms with Gasteiger partial charge in [-0.15, -0.1) is 0 Å². The molecule has 0 saturated carbocycles. The summed E-state index contributed by atoms with van der Waals surface area (Å²) in [6.45, 7) is 0. The van der Waals surface area contributed by atoms with Crippen molar-refractivity contribution >= 4 is 25.6 Å². The van der Waals surface area contributed by atoms with E-state index in [1.54, 1.807) is 14.1 Å². The van der Waals surface area contributed by atoms with E-state index in [-0.39, 0.29) is 27.9 Å². The maximum atomic E-state index is 11.9. The number of hydrogen-bond acceptors (Lipinski definition) is 5. The van der Waals surface area contributed by atoms with Crippen LogP contribution in [-0.2, 0) is 9.05 Å². The lowest BCUT2D eigenvalue weighted by atomic mass is 10.2. The summed E-state index contributed by atoms with van der Waals surface area (Å²) in [5, 5.41) is 0. The molecular formula is C11H14ClNO5S. The molecule has 1 aromatic carbocycles. The standard InChI is InChI=1S/C11H14ClNO5S/c1-13(2)11(14)7-5-8(17-3)10(18-4)9(6-7)19(12,15)16/h5-6H,1-4H3. The van der Waals surface area contributed by atoms with E-state index in [0.29, 0.717) is 0 Å². The molecule has 1 aromatic rings. The molecule has 0 heterocycles. The number of rotatable bonds is 4. The number of ether oxygens (including phenoxy) is 2. The fourth-order valence-electron chi connectivity index (χ4n) is 1.49. The van der Waals surface area contributed by atoms with Crippen molar-refractivity contribution in [2.45, 2.75) is 4.90 Å². The van der Waals surface area contributed by atoms with Gasteiger partial charge < -0.3 is 14.4 Å². The van der Waals surface area contributed by atoms with Crippen molar-refractivity contribution in [2.75, 3.05) is 28.3 Å². The van der Waals surface area contributed by atoms with Crippen molar-refractivity contribution in [2.24, 2.45) is 0 Å². The van der Waals surface area contributed by atoms with Crippen molar-refractivity contribution in [1.82, 2.24) is 4.90 Å². The van der Waals surface area contributed by atoms with Crippen LogP contribution in [0.5, 0.6) is 11.5 Å². The summed E-state index contributed by atoms with van der Waals surface area (Å²) >= 11 is 0. The Labute approximate surface area is 116 Å². The minimum absolute atomic E-state index is 0.0344. The molecule has 0 unspecified atom stereocenters. The zero-order chi connectivity index (χ0) is 14.8. The summed E-state index contributed by atoms with van der Waals surface area (Å²) in [7, 11) is 7.00. The number of nitrogens with zero attached hydrogens (tertiary/aromatic N) is 1. The van der Waals surface area contributed by atoms with E-state index in [1.165, 1.54) is 25.2 Å². The molecule has 0 N–H and O–H groups in total. The molecule has 0 aliphatic rings. The zero-order valence-corrected chi connectivity index (χ0v) is 12.5. The number of carbonyl (C=O) groups excluding carboxylic acids is 1. The summed E-state index contributed by atoms with van der Waals surface area (Å²) in [4.78, 5) is 12.9. The summed E-state index contributed by atoms with van der Waals surface area (Å²) < 4.78 is 33.1. The predicted octanol–water partition coefficient (Wildman–Crippen LogP) is 1.33. The maximum absolute atomic E-state index is 11.9. The number of methoxy groups -OCH3 is 2. The zero-order valence-electron chi connectivity index (χ0n) is 10.9. The summed E-state index contributed by atoms with van der Waals surface area (Å²) in [5.41, 5.74) is 0.141. The fraction of sp³-hybridized carbons (Fsp3) is 0.364. The molecule has 0 aliphatic heterocycles. The Kier molecular flexibility index (Phi) is 4.65. The molecule has 0 bridgehead atoms. The molecule has 6 nitrogen and oxygen atoms in total. The highest BCUT2D eigenvalue weighted by atomic mass is 35.7. The van der Waals surface area contributed by atoms with E-state index >= 15 is 0 Å². The minimum atomic E-state index is -4.06. The van der Waals surface area contributed by atoms with E-state index in [0.717, 1.165) is 6.07 Å². The number of halogens is 1.